The van der Waals surface area contributed by atoms with Crippen LogP contribution in [0.15, 0.2) is 9.85 Å². The molecule has 1 atom stereocenters. The van der Waals surface area contributed by atoms with Gasteiger partial charge in [0, 0.05) is 4.47 Å². The average molecular weight is 385 g/mol. The number of halogens is 1. The van der Waals surface area contributed by atoms with Crippen LogP contribution in [0.25, 0.3) is 0 Å². The number of carbonyl (C=O) groups excluding carboxylic acids is 1. The highest BCUT2D eigenvalue weighted by atomic mass is 79.9. The maximum atomic E-state index is 12.8. The lowest BCUT2D eigenvalue weighted by atomic mass is 10.1. The highest BCUT2D eigenvalue weighted by molar-refractivity contribution is 9.10. The fourth-order valence-electron chi connectivity index (χ4n) is 2.44. The smallest absolute Gasteiger partial charge is 0.328 e. The van der Waals surface area contributed by atoms with Crippen molar-refractivity contribution in [2.24, 2.45) is 0 Å². The molecule has 1 aliphatic heterocycles. The van der Waals surface area contributed by atoms with Crippen LogP contribution in [0.5, 0.6) is 0 Å². The summed E-state index contributed by atoms with van der Waals surface area (Å²) in [5.74, 6) is -0.0740. The first kappa shape index (κ1) is 15.2. The number of carbonyl (C=O) groups is 2. The van der Waals surface area contributed by atoms with E-state index in [0.717, 1.165) is 10.0 Å². The molecule has 0 bridgehead atoms. The molecule has 1 aliphatic rings. The molecule has 0 radical (unpaired) electrons. The van der Waals surface area contributed by atoms with E-state index in [1.54, 1.807) is 11.5 Å². The molecule has 2 aromatic rings. The zero-order chi connectivity index (χ0) is 16.0. The van der Waals surface area contributed by atoms with Gasteiger partial charge in [0.15, 0.2) is 5.82 Å². The number of hydrogen-bond acceptors (Lipinski definition) is 5. The number of aromatic nitrogens is 3. The minimum Gasteiger partial charge on any atom is -0.480 e. The first-order chi connectivity index (χ1) is 10.4. The summed E-state index contributed by atoms with van der Waals surface area (Å²) >= 11 is 4.70. The average Bonchev–Trinajstić information content (AvgIpc) is 3.01. The van der Waals surface area contributed by atoms with E-state index in [9.17, 15) is 14.7 Å². The number of nitrogens with zero attached hydrogens (tertiary/aromatic N) is 4. The summed E-state index contributed by atoms with van der Waals surface area (Å²) in [5, 5.41) is 19.3. The van der Waals surface area contributed by atoms with Crippen molar-refractivity contribution in [3.63, 3.8) is 0 Å². The normalized spacial score (nSPS) is 17.4. The SMILES string of the molecule is Cc1csc(C(=O)N2Cc3nnc(C)n3CC2C(=O)O)c1Br. The molecule has 0 aromatic carbocycles. The number of fused-ring (bicyclic) bond motifs is 1. The minimum absolute atomic E-state index is 0.139. The van der Waals surface area contributed by atoms with Crippen molar-refractivity contribution in [3.05, 3.63) is 31.9 Å². The third-order valence-corrected chi connectivity index (χ3v) is 6.07. The Balaban J connectivity index is 1.99. The zero-order valence-electron chi connectivity index (χ0n) is 11.9. The number of aryl methyl sites for hydroxylation is 2. The van der Waals surface area contributed by atoms with Crippen molar-refractivity contribution in [1.82, 2.24) is 19.7 Å². The molecule has 0 saturated heterocycles. The van der Waals surface area contributed by atoms with Gasteiger partial charge in [-0.05, 0) is 40.7 Å². The summed E-state index contributed by atoms with van der Waals surface area (Å²) in [6.07, 6.45) is 0. The fourth-order valence-corrected chi connectivity index (χ4v) is 4.05. The number of carboxylic acids is 1. The third kappa shape index (κ3) is 2.34. The van der Waals surface area contributed by atoms with Gasteiger partial charge < -0.3 is 14.6 Å². The highest BCUT2D eigenvalue weighted by Crippen LogP contribution is 2.31. The molecule has 1 amide bonds. The summed E-state index contributed by atoms with van der Waals surface area (Å²) in [5.41, 5.74) is 0.955. The van der Waals surface area contributed by atoms with Gasteiger partial charge in [-0.1, -0.05) is 0 Å². The number of hydrogen-bond donors (Lipinski definition) is 1. The Morgan fingerprint density at radius 1 is 1.41 bits per heavy atom. The van der Waals surface area contributed by atoms with Crippen LogP contribution in [0, 0.1) is 13.8 Å². The van der Waals surface area contributed by atoms with Crippen molar-refractivity contribution in [3.8, 4) is 0 Å². The standard InChI is InChI=1S/C13H13BrN4O3S/c1-6-5-22-11(10(6)14)12(19)18-4-9-16-15-7(2)17(9)3-8(18)13(20)21/h5,8H,3-4H2,1-2H3,(H,20,21). The van der Waals surface area contributed by atoms with Crippen molar-refractivity contribution in [2.45, 2.75) is 33.0 Å². The molecule has 9 heteroatoms. The summed E-state index contributed by atoms with van der Waals surface area (Å²) in [7, 11) is 0. The number of carboxylic acid groups (broad SMARTS) is 1. The third-order valence-electron chi connectivity index (χ3n) is 3.70. The Bertz CT molecular complexity index is 769. The van der Waals surface area contributed by atoms with Crippen molar-refractivity contribution >= 4 is 39.1 Å². The lowest BCUT2D eigenvalue weighted by molar-refractivity contribution is -0.143. The molecule has 7 nitrogen and oxygen atoms in total. The minimum atomic E-state index is -1.03. The van der Waals surface area contributed by atoms with E-state index < -0.39 is 12.0 Å². The topological polar surface area (TPSA) is 88.3 Å². The highest BCUT2D eigenvalue weighted by Gasteiger charge is 2.37. The van der Waals surface area contributed by atoms with Crippen molar-refractivity contribution in [1.29, 1.82) is 0 Å². The Morgan fingerprint density at radius 2 is 2.14 bits per heavy atom. The predicted molar refractivity (Wildman–Crippen MR) is 82.8 cm³/mol. The summed E-state index contributed by atoms with van der Waals surface area (Å²) in [4.78, 5) is 26.2. The van der Waals surface area contributed by atoms with E-state index in [2.05, 4.69) is 26.1 Å². The van der Waals surface area contributed by atoms with Gasteiger partial charge in [-0.15, -0.1) is 21.5 Å². The molecule has 2 aromatic heterocycles. The van der Waals surface area contributed by atoms with E-state index in [1.807, 2.05) is 12.3 Å². The largest absolute Gasteiger partial charge is 0.480 e. The second-order valence-electron chi connectivity index (χ2n) is 5.12. The van der Waals surface area contributed by atoms with Crippen LogP contribution in [0.3, 0.4) is 0 Å². The Morgan fingerprint density at radius 3 is 2.73 bits per heavy atom. The van der Waals surface area contributed by atoms with Gasteiger partial charge in [-0.2, -0.15) is 0 Å². The Labute approximate surface area is 138 Å². The second kappa shape index (κ2) is 5.47. The lowest BCUT2D eigenvalue weighted by Gasteiger charge is -2.33. The van der Waals surface area contributed by atoms with Crippen LogP contribution in [-0.2, 0) is 17.9 Å². The van der Waals surface area contributed by atoms with Crippen LogP contribution in [0.4, 0.5) is 0 Å². The second-order valence-corrected chi connectivity index (χ2v) is 6.80. The Kier molecular flexibility index (Phi) is 3.77. The molecule has 0 aliphatic carbocycles. The van der Waals surface area contributed by atoms with Gasteiger partial charge in [0.05, 0.1) is 13.1 Å². The van der Waals surface area contributed by atoms with Gasteiger partial charge in [-0.25, -0.2) is 4.79 Å². The maximum absolute atomic E-state index is 12.8. The van der Waals surface area contributed by atoms with E-state index >= 15 is 0 Å². The van der Waals surface area contributed by atoms with Gasteiger partial charge in [0.25, 0.3) is 5.91 Å². The number of amides is 1. The van der Waals surface area contributed by atoms with Crippen molar-refractivity contribution < 1.29 is 14.7 Å². The zero-order valence-corrected chi connectivity index (χ0v) is 14.3. The number of thiophene rings is 1. The van der Waals surface area contributed by atoms with Crippen LogP contribution in [0.1, 0.15) is 26.9 Å². The van der Waals surface area contributed by atoms with E-state index in [1.165, 1.54) is 16.2 Å². The van der Waals surface area contributed by atoms with Gasteiger partial charge in [0.2, 0.25) is 0 Å². The Hall–Kier alpha value is -1.74. The van der Waals surface area contributed by atoms with Gasteiger partial charge in [-0.3, -0.25) is 4.79 Å². The molecule has 0 fully saturated rings. The van der Waals surface area contributed by atoms with Crippen LogP contribution < -0.4 is 0 Å². The van der Waals surface area contributed by atoms with Crippen LogP contribution >= 0.6 is 27.3 Å². The first-order valence-corrected chi connectivity index (χ1v) is 8.23. The lowest BCUT2D eigenvalue weighted by Crippen LogP contribution is -2.50. The molecular weight excluding hydrogens is 372 g/mol. The fraction of sp³-hybridized carbons (Fsp3) is 0.385. The molecular formula is C13H13BrN4O3S. The van der Waals surface area contributed by atoms with Crippen LogP contribution in [-0.4, -0.2) is 42.7 Å². The number of aliphatic carboxylic acids is 1. The molecule has 22 heavy (non-hydrogen) atoms. The summed E-state index contributed by atoms with van der Waals surface area (Å²) in [6.45, 7) is 3.96. The quantitative estimate of drug-likeness (QED) is 0.852. The molecule has 0 spiro atoms. The summed E-state index contributed by atoms with van der Waals surface area (Å²) in [6, 6.07) is -0.927. The molecule has 0 saturated carbocycles. The van der Waals surface area contributed by atoms with Gasteiger partial charge in [0.1, 0.15) is 16.7 Å². The van der Waals surface area contributed by atoms with Crippen LogP contribution in [0.2, 0.25) is 0 Å². The molecule has 3 heterocycles. The van der Waals surface area contributed by atoms with Gasteiger partial charge >= 0.3 is 5.97 Å². The molecule has 116 valence electrons. The van der Waals surface area contributed by atoms with Crippen molar-refractivity contribution in [2.75, 3.05) is 0 Å². The molecule has 3 rings (SSSR count). The summed E-state index contributed by atoms with van der Waals surface area (Å²) < 4.78 is 2.46. The predicted octanol–water partition coefficient (Wildman–Crippen LogP) is 1.83. The van der Waals surface area contributed by atoms with E-state index in [4.69, 9.17) is 0 Å². The monoisotopic (exact) mass is 384 g/mol. The maximum Gasteiger partial charge on any atom is 0.328 e. The van der Waals surface area contributed by atoms with E-state index in [-0.39, 0.29) is 19.0 Å². The molecule has 1 unspecified atom stereocenters. The number of rotatable bonds is 2. The van der Waals surface area contributed by atoms with E-state index in [0.29, 0.717) is 16.5 Å². The first-order valence-electron chi connectivity index (χ1n) is 6.56. The molecule has 1 N–H and O–H groups in total.